The zero-order chi connectivity index (χ0) is 14.3. The van der Waals surface area contributed by atoms with Crippen LogP contribution >= 0.6 is 6.83 Å². The van der Waals surface area contributed by atoms with Gasteiger partial charge in [0.15, 0.2) is 0 Å². The van der Waals surface area contributed by atoms with E-state index >= 15 is 0 Å². The third-order valence-corrected chi connectivity index (χ3v) is 12.6. The molecular formula is C12H29O4PS. The fourth-order valence-electron chi connectivity index (χ4n) is 2.53. The third kappa shape index (κ3) is 5.12. The molecule has 0 aliphatic heterocycles. The van der Waals surface area contributed by atoms with Gasteiger partial charge in [-0.15, -0.1) is 0 Å². The van der Waals surface area contributed by atoms with Crippen LogP contribution < -0.4 is 0 Å². The van der Waals surface area contributed by atoms with E-state index in [2.05, 4.69) is 13.8 Å². The van der Waals surface area contributed by atoms with E-state index in [1.54, 1.807) is 0 Å². The zero-order valence-corrected chi connectivity index (χ0v) is 13.9. The van der Waals surface area contributed by atoms with Crippen LogP contribution in [0, 0.1) is 0 Å². The number of unbranched alkanes of at least 4 members (excludes halogenated alkanes) is 2. The predicted octanol–water partition coefficient (Wildman–Crippen LogP) is 3.91. The van der Waals surface area contributed by atoms with E-state index in [0.29, 0.717) is 0 Å². The Morgan fingerprint density at radius 3 is 1.56 bits per heavy atom. The molecule has 0 aromatic carbocycles. The molecule has 0 unspecified atom stereocenters. The quantitative estimate of drug-likeness (QED) is 0.490. The van der Waals surface area contributed by atoms with Crippen LogP contribution in [0.5, 0.6) is 0 Å². The van der Waals surface area contributed by atoms with Crippen LogP contribution in [0.1, 0.15) is 53.4 Å². The van der Waals surface area contributed by atoms with E-state index in [1.165, 1.54) is 0 Å². The summed E-state index contributed by atoms with van der Waals surface area (Å²) in [6, 6.07) is 0. The average Bonchev–Trinajstić information content (AvgIpc) is 2.32. The molecule has 0 bridgehead atoms. The van der Waals surface area contributed by atoms with Gasteiger partial charge in [0.1, 0.15) is 0 Å². The van der Waals surface area contributed by atoms with E-state index < -0.39 is 17.2 Å². The topological polar surface area (TPSA) is 63.6 Å². The van der Waals surface area contributed by atoms with Gasteiger partial charge in [0.25, 0.3) is 0 Å². The standard InChI is InChI=1S/C12H29O4PS/c1-5-9-11-17(7-3,8-4,12-10-6-2)16-18(13,14)15/h5-12H2,1-4H3,(H,13,14,15). The minimum atomic E-state index is -4.37. The van der Waals surface area contributed by atoms with Crippen LogP contribution in [-0.4, -0.2) is 37.6 Å². The van der Waals surface area contributed by atoms with Gasteiger partial charge in [-0.25, -0.2) is 0 Å². The first-order chi connectivity index (χ1) is 8.26. The van der Waals surface area contributed by atoms with Crippen LogP contribution in [0.15, 0.2) is 0 Å². The second kappa shape index (κ2) is 7.18. The molecule has 0 rings (SSSR count). The molecule has 0 heterocycles. The Labute approximate surface area is 112 Å². The van der Waals surface area contributed by atoms with Crippen LogP contribution in [0.25, 0.3) is 0 Å². The van der Waals surface area contributed by atoms with Gasteiger partial charge >= 0.3 is 112 Å². The summed E-state index contributed by atoms with van der Waals surface area (Å²) in [7, 11) is -4.37. The number of hydrogen-bond acceptors (Lipinski definition) is 3. The van der Waals surface area contributed by atoms with Crippen molar-refractivity contribution >= 4 is 17.2 Å². The van der Waals surface area contributed by atoms with Crippen molar-refractivity contribution in [2.24, 2.45) is 0 Å². The molecule has 0 aromatic rings. The summed E-state index contributed by atoms with van der Waals surface area (Å²) in [5.74, 6) is 0. The molecule has 18 heavy (non-hydrogen) atoms. The van der Waals surface area contributed by atoms with Gasteiger partial charge in [-0.3, -0.25) is 0 Å². The van der Waals surface area contributed by atoms with Gasteiger partial charge in [-0.1, -0.05) is 0 Å². The van der Waals surface area contributed by atoms with Crippen molar-refractivity contribution in [3.8, 4) is 0 Å². The SMILES string of the molecule is CCCCP(CC)(CC)(CCCC)OS(=O)(=O)O. The Morgan fingerprint density at radius 2 is 1.33 bits per heavy atom. The summed E-state index contributed by atoms with van der Waals surface area (Å²) >= 11 is 0. The van der Waals surface area contributed by atoms with Gasteiger partial charge < -0.3 is 0 Å². The Bertz CT molecular complexity index is 324. The molecule has 0 radical (unpaired) electrons. The molecule has 0 aromatic heterocycles. The average molecular weight is 300 g/mol. The number of hydrogen-bond donors (Lipinski definition) is 1. The van der Waals surface area contributed by atoms with Crippen LogP contribution in [0.2, 0.25) is 0 Å². The molecule has 0 aliphatic carbocycles. The molecule has 0 aliphatic rings. The van der Waals surface area contributed by atoms with Gasteiger partial charge in [0, 0.05) is 0 Å². The maximum atomic E-state index is 11.3. The summed E-state index contributed by atoms with van der Waals surface area (Å²) in [6.45, 7) is 5.38. The van der Waals surface area contributed by atoms with E-state index in [-0.39, 0.29) is 0 Å². The summed E-state index contributed by atoms with van der Waals surface area (Å²) in [5, 5.41) is 0. The predicted molar refractivity (Wildman–Crippen MR) is 80.2 cm³/mol. The molecule has 4 nitrogen and oxygen atoms in total. The molecule has 0 atom stereocenters. The molecular weight excluding hydrogens is 271 g/mol. The summed E-state index contributed by atoms with van der Waals surface area (Å²) in [4.78, 5) is 0. The maximum absolute atomic E-state index is 11.3. The first-order valence-corrected chi connectivity index (χ1v) is 11.2. The molecule has 112 valence electrons. The van der Waals surface area contributed by atoms with Crippen molar-refractivity contribution < 1.29 is 16.9 Å². The van der Waals surface area contributed by atoms with Crippen molar-refractivity contribution in [2.45, 2.75) is 53.4 Å². The van der Waals surface area contributed by atoms with Crippen molar-refractivity contribution in [1.29, 1.82) is 0 Å². The van der Waals surface area contributed by atoms with E-state index in [1.807, 2.05) is 13.8 Å². The van der Waals surface area contributed by atoms with Crippen molar-refractivity contribution in [3.63, 3.8) is 0 Å². The Balaban J connectivity index is 5.37. The van der Waals surface area contributed by atoms with Gasteiger partial charge in [0.2, 0.25) is 0 Å². The van der Waals surface area contributed by atoms with Crippen molar-refractivity contribution in [1.82, 2.24) is 0 Å². The van der Waals surface area contributed by atoms with E-state index in [0.717, 1.165) is 50.3 Å². The van der Waals surface area contributed by atoms with Crippen molar-refractivity contribution in [2.75, 3.05) is 24.6 Å². The Kier molecular flexibility index (Phi) is 7.30. The monoisotopic (exact) mass is 300 g/mol. The second-order valence-electron chi connectivity index (χ2n) is 5.15. The number of rotatable bonds is 10. The minimum absolute atomic E-state index is 0.724. The van der Waals surface area contributed by atoms with Crippen LogP contribution in [-0.2, 0) is 14.4 Å². The first-order valence-electron chi connectivity index (χ1n) is 6.96. The molecule has 6 heteroatoms. The van der Waals surface area contributed by atoms with Gasteiger partial charge in [0.05, 0.1) is 0 Å². The van der Waals surface area contributed by atoms with E-state index in [4.69, 9.17) is 8.52 Å². The van der Waals surface area contributed by atoms with Crippen LogP contribution in [0.4, 0.5) is 0 Å². The molecule has 1 N–H and O–H groups in total. The summed E-state index contributed by atoms with van der Waals surface area (Å²) < 4.78 is 37.1. The molecule has 0 amide bonds. The van der Waals surface area contributed by atoms with Gasteiger partial charge in [-0.2, -0.15) is 0 Å². The zero-order valence-electron chi connectivity index (χ0n) is 12.2. The fourth-order valence-corrected chi connectivity index (χ4v) is 10.3. The molecule has 0 saturated carbocycles. The van der Waals surface area contributed by atoms with E-state index in [9.17, 15) is 8.42 Å². The first kappa shape index (κ1) is 18.3. The van der Waals surface area contributed by atoms with Crippen LogP contribution in [0.3, 0.4) is 0 Å². The van der Waals surface area contributed by atoms with Crippen molar-refractivity contribution in [3.05, 3.63) is 0 Å². The normalized spacial score (nSPS) is 15.3. The molecule has 0 fully saturated rings. The summed E-state index contributed by atoms with van der Waals surface area (Å²) in [5.41, 5.74) is 0. The summed E-state index contributed by atoms with van der Waals surface area (Å²) in [6.07, 6.45) is 6.99. The molecule has 0 spiro atoms. The fraction of sp³-hybridized carbons (Fsp3) is 1.00. The molecule has 0 saturated heterocycles. The van der Waals surface area contributed by atoms with Gasteiger partial charge in [-0.05, 0) is 0 Å². The third-order valence-electron chi connectivity index (χ3n) is 4.06. The Morgan fingerprint density at radius 1 is 0.944 bits per heavy atom. The second-order valence-corrected chi connectivity index (χ2v) is 12.5. The Hall–Kier alpha value is 0.300.